The second-order valence-electron chi connectivity index (χ2n) is 6.18. The molecule has 1 aromatic heterocycles. The first-order valence-corrected chi connectivity index (χ1v) is 8.88. The average Bonchev–Trinajstić information content (AvgIpc) is 3.17. The predicted molar refractivity (Wildman–Crippen MR) is 120 cm³/mol. The highest BCUT2D eigenvalue weighted by Gasteiger charge is 2.09. The number of halogens is 2. The van der Waals surface area contributed by atoms with Gasteiger partial charge in [-0.1, -0.05) is 30.3 Å². The van der Waals surface area contributed by atoms with Crippen molar-refractivity contribution in [2.75, 3.05) is 13.6 Å². The van der Waals surface area contributed by atoms with Crippen LogP contribution in [0.1, 0.15) is 24.2 Å². The normalized spacial score (nSPS) is 12.2. The van der Waals surface area contributed by atoms with E-state index in [1.54, 1.807) is 25.4 Å². The van der Waals surface area contributed by atoms with E-state index in [2.05, 4.69) is 39.7 Å². The number of hydrogen-bond donors (Lipinski definition) is 2. The fourth-order valence-corrected chi connectivity index (χ4v) is 2.68. The van der Waals surface area contributed by atoms with E-state index < -0.39 is 0 Å². The van der Waals surface area contributed by atoms with Crippen LogP contribution in [0.25, 0.3) is 11.5 Å². The summed E-state index contributed by atoms with van der Waals surface area (Å²) < 4.78 is 18.5. The molecule has 1 unspecified atom stereocenters. The topological polar surface area (TPSA) is 62.5 Å². The maximum Gasteiger partial charge on any atom is 0.226 e. The highest BCUT2D eigenvalue weighted by atomic mass is 127. The van der Waals surface area contributed by atoms with Gasteiger partial charge in [0.25, 0.3) is 0 Å². The third-order valence-electron chi connectivity index (χ3n) is 4.19. The molecule has 148 valence electrons. The Balaban J connectivity index is 0.00000280. The molecule has 7 heteroatoms. The van der Waals surface area contributed by atoms with Gasteiger partial charge < -0.3 is 15.1 Å². The van der Waals surface area contributed by atoms with Crippen LogP contribution >= 0.6 is 24.0 Å². The fourth-order valence-electron chi connectivity index (χ4n) is 2.68. The fraction of sp³-hybridized carbons (Fsp3) is 0.238. The smallest absolute Gasteiger partial charge is 0.226 e. The lowest BCUT2D eigenvalue weighted by atomic mass is 10.1. The van der Waals surface area contributed by atoms with E-state index in [0.717, 1.165) is 17.2 Å². The Kier molecular flexibility index (Phi) is 8.43. The lowest BCUT2D eigenvalue weighted by molar-refractivity contribution is 0.571. The molecule has 0 saturated heterocycles. The molecule has 0 aliphatic rings. The Morgan fingerprint density at radius 3 is 2.54 bits per heavy atom. The van der Waals surface area contributed by atoms with Gasteiger partial charge >= 0.3 is 0 Å². The molecule has 0 aliphatic carbocycles. The molecule has 0 amide bonds. The summed E-state index contributed by atoms with van der Waals surface area (Å²) >= 11 is 0. The van der Waals surface area contributed by atoms with Gasteiger partial charge in [-0.2, -0.15) is 0 Å². The first-order chi connectivity index (χ1) is 13.2. The maximum atomic E-state index is 13.0. The number of aliphatic imine (C=N–C) groups is 1. The number of nitrogens with one attached hydrogen (secondary N) is 2. The van der Waals surface area contributed by atoms with E-state index in [0.29, 0.717) is 18.9 Å². The van der Waals surface area contributed by atoms with Gasteiger partial charge in [0.15, 0.2) is 5.96 Å². The number of hydrogen-bond acceptors (Lipinski definition) is 3. The monoisotopic (exact) mass is 494 g/mol. The van der Waals surface area contributed by atoms with Crippen molar-refractivity contribution in [2.45, 2.75) is 19.4 Å². The first kappa shape index (κ1) is 21.9. The molecule has 3 aromatic rings. The van der Waals surface area contributed by atoms with E-state index in [1.807, 2.05) is 18.2 Å². The molecule has 0 bridgehead atoms. The molecular weight excluding hydrogens is 470 g/mol. The van der Waals surface area contributed by atoms with Gasteiger partial charge in [-0.25, -0.2) is 9.37 Å². The van der Waals surface area contributed by atoms with Gasteiger partial charge in [0.2, 0.25) is 5.89 Å². The average molecular weight is 494 g/mol. The quantitative estimate of drug-likeness (QED) is 0.300. The van der Waals surface area contributed by atoms with Crippen LogP contribution in [-0.2, 0) is 6.42 Å². The van der Waals surface area contributed by atoms with Crippen LogP contribution in [0.2, 0.25) is 0 Å². The second-order valence-corrected chi connectivity index (χ2v) is 6.18. The molecule has 3 rings (SSSR count). The molecule has 2 N–H and O–H groups in total. The SMILES string of the molecule is CN=C(NCCc1coc(-c2ccc(F)cc2)n1)NC(C)c1ccccc1.I. The third-order valence-corrected chi connectivity index (χ3v) is 4.19. The van der Waals surface area contributed by atoms with Crippen molar-refractivity contribution in [1.29, 1.82) is 0 Å². The largest absolute Gasteiger partial charge is 0.444 e. The van der Waals surface area contributed by atoms with E-state index >= 15 is 0 Å². The Hall–Kier alpha value is -2.42. The van der Waals surface area contributed by atoms with Gasteiger partial charge in [-0.05, 0) is 36.8 Å². The lowest BCUT2D eigenvalue weighted by Crippen LogP contribution is -2.39. The van der Waals surface area contributed by atoms with Crippen molar-refractivity contribution in [3.05, 3.63) is 77.9 Å². The summed E-state index contributed by atoms with van der Waals surface area (Å²) in [6.07, 6.45) is 2.31. The highest BCUT2D eigenvalue weighted by Crippen LogP contribution is 2.19. The summed E-state index contributed by atoms with van der Waals surface area (Å²) in [5.74, 6) is 0.942. The lowest BCUT2D eigenvalue weighted by Gasteiger charge is -2.18. The summed E-state index contributed by atoms with van der Waals surface area (Å²) in [5, 5.41) is 6.65. The molecule has 0 aliphatic heterocycles. The Labute approximate surface area is 181 Å². The third kappa shape index (κ3) is 6.05. The number of rotatable bonds is 6. The van der Waals surface area contributed by atoms with Gasteiger partial charge in [0, 0.05) is 25.6 Å². The molecule has 0 radical (unpaired) electrons. The molecule has 5 nitrogen and oxygen atoms in total. The zero-order chi connectivity index (χ0) is 19.1. The standard InChI is InChI=1S/C21H23FN4O.HI/c1-15(16-6-4-3-5-7-16)25-21(23-2)24-13-12-19-14-27-20(26-19)17-8-10-18(22)11-9-17;/h3-11,14-15H,12-13H2,1-2H3,(H2,23,24,25);1H. The zero-order valence-corrected chi connectivity index (χ0v) is 18.2. The molecular formula is C21H24FIN4O. The summed E-state index contributed by atoms with van der Waals surface area (Å²) in [6.45, 7) is 2.76. The molecule has 28 heavy (non-hydrogen) atoms. The number of aromatic nitrogens is 1. The Morgan fingerprint density at radius 1 is 1.14 bits per heavy atom. The van der Waals surface area contributed by atoms with E-state index in [-0.39, 0.29) is 35.8 Å². The molecule has 1 heterocycles. The number of nitrogens with zero attached hydrogens (tertiary/aromatic N) is 2. The van der Waals surface area contributed by atoms with Gasteiger partial charge in [0.1, 0.15) is 12.1 Å². The molecule has 0 saturated carbocycles. The van der Waals surface area contributed by atoms with Crippen LogP contribution in [-0.4, -0.2) is 24.5 Å². The minimum Gasteiger partial charge on any atom is -0.444 e. The van der Waals surface area contributed by atoms with Gasteiger partial charge in [-0.15, -0.1) is 24.0 Å². The predicted octanol–water partition coefficient (Wildman–Crippen LogP) is 4.57. The minimum absolute atomic E-state index is 0. The minimum atomic E-state index is -0.279. The van der Waals surface area contributed by atoms with Crippen molar-refractivity contribution < 1.29 is 8.81 Å². The van der Waals surface area contributed by atoms with E-state index in [1.165, 1.54) is 17.7 Å². The molecule has 1 atom stereocenters. The van der Waals surface area contributed by atoms with Crippen LogP contribution in [0.3, 0.4) is 0 Å². The Bertz CT molecular complexity index is 881. The van der Waals surface area contributed by atoms with E-state index in [9.17, 15) is 4.39 Å². The van der Waals surface area contributed by atoms with Gasteiger partial charge in [-0.3, -0.25) is 4.99 Å². The summed E-state index contributed by atoms with van der Waals surface area (Å²) in [6, 6.07) is 16.4. The van der Waals surface area contributed by atoms with Crippen molar-refractivity contribution in [2.24, 2.45) is 4.99 Å². The highest BCUT2D eigenvalue weighted by molar-refractivity contribution is 14.0. The van der Waals surface area contributed by atoms with Crippen LogP contribution in [0.4, 0.5) is 4.39 Å². The van der Waals surface area contributed by atoms with Crippen molar-refractivity contribution in [3.63, 3.8) is 0 Å². The summed E-state index contributed by atoms with van der Waals surface area (Å²) in [5.41, 5.74) is 2.78. The number of benzene rings is 2. The van der Waals surface area contributed by atoms with Crippen LogP contribution in [0.5, 0.6) is 0 Å². The first-order valence-electron chi connectivity index (χ1n) is 8.88. The van der Waals surface area contributed by atoms with Crippen molar-refractivity contribution >= 4 is 29.9 Å². The Morgan fingerprint density at radius 2 is 1.86 bits per heavy atom. The van der Waals surface area contributed by atoms with E-state index in [4.69, 9.17) is 4.42 Å². The number of guanidine groups is 1. The van der Waals surface area contributed by atoms with Crippen molar-refractivity contribution in [1.82, 2.24) is 15.6 Å². The molecule has 0 fully saturated rings. The summed E-state index contributed by atoms with van der Waals surface area (Å²) in [7, 11) is 1.75. The van der Waals surface area contributed by atoms with Gasteiger partial charge in [0.05, 0.1) is 11.7 Å². The van der Waals surface area contributed by atoms with Crippen LogP contribution in [0.15, 0.2) is 70.3 Å². The molecule has 2 aromatic carbocycles. The van der Waals surface area contributed by atoms with Crippen LogP contribution in [0, 0.1) is 5.82 Å². The summed E-state index contributed by atoms with van der Waals surface area (Å²) in [4.78, 5) is 8.71. The van der Waals surface area contributed by atoms with Crippen molar-refractivity contribution in [3.8, 4) is 11.5 Å². The van der Waals surface area contributed by atoms with Crippen LogP contribution < -0.4 is 10.6 Å². The number of oxazole rings is 1. The molecule has 0 spiro atoms. The zero-order valence-electron chi connectivity index (χ0n) is 15.9. The second kappa shape index (κ2) is 10.8. The maximum absolute atomic E-state index is 13.0.